The lowest BCUT2D eigenvalue weighted by molar-refractivity contribution is -0.0368. The van der Waals surface area contributed by atoms with Crippen molar-refractivity contribution in [2.45, 2.75) is 50.7 Å². The molecule has 0 bridgehead atoms. The molecule has 3 heteroatoms. The normalized spacial score (nSPS) is 24.2. The lowest BCUT2D eigenvalue weighted by Gasteiger charge is -2.48. The number of hydrogen-bond acceptors (Lipinski definition) is 2. The van der Waals surface area contributed by atoms with E-state index < -0.39 is 0 Å². The summed E-state index contributed by atoms with van der Waals surface area (Å²) in [4.78, 5) is 0. The standard InChI is InChI=1S/C15H20BrNO/c1-2-8-17-13-10-15(6-3-7-15)18-14-5-4-11(16)9-12(13)14/h4-5,9,13,17H,2-3,6-8,10H2,1H3. The molecule has 0 radical (unpaired) electrons. The fourth-order valence-corrected chi connectivity index (χ4v) is 3.40. The minimum atomic E-state index is 0.131. The van der Waals surface area contributed by atoms with Gasteiger partial charge in [0.2, 0.25) is 0 Å². The summed E-state index contributed by atoms with van der Waals surface area (Å²) in [6, 6.07) is 6.84. The number of halogens is 1. The molecule has 1 aromatic rings. The predicted octanol–water partition coefficient (Wildman–Crippen LogP) is 4.20. The second-order valence-electron chi connectivity index (χ2n) is 5.53. The molecule has 1 atom stereocenters. The second kappa shape index (κ2) is 4.86. The Morgan fingerprint density at radius 2 is 2.28 bits per heavy atom. The summed E-state index contributed by atoms with van der Waals surface area (Å²) in [7, 11) is 0. The highest BCUT2D eigenvalue weighted by Gasteiger charge is 2.45. The third-order valence-electron chi connectivity index (χ3n) is 4.16. The van der Waals surface area contributed by atoms with Crippen molar-refractivity contribution in [3.05, 3.63) is 28.2 Å². The van der Waals surface area contributed by atoms with Gasteiger partial charge < -0.3 is 10.1 Å². The molecule has 1 fully saturated rings. The molecule has 1 heterocycles. The van der Waals surface area contributed by atoms with Crippen molar-refractivity contribution < 1.29 is 4.74 Å². The van der Waals surface area contributed by atoms with E-state index >= 15 is 0 Å². The molecular formula is C15H20BrNO. The summed E-state index contributed by atoms with van der Waals surface area (Å²) < 4.78 is 7.40. The Bertz CT molecular complexity index is 442. The van der Waals surface area contributed by atoms with E-state index in [0.29, 0.717) is 6.04 Å². The topological polar surface area (TPSA) is 21.3 Å². The quantitative estimate of drug-likeness (QED) is 0.903. The monoisotopic (exact) mass is 309 g/mol. The number of fused-ring (bicyclic) bond motifs is 1. The Morgan fingerprint density at radius 1 is 1.44 bits per heavy atom. The van der Waals surface area contributed by atoms with Gasteiger partial charge in [-0.1, -0.05) is 22.9 Å². The fourth-order valence-electron chi connectivity index (χ4n) is 3.02. The van der Waals surface area contributed by atoms with Gasteiger partial charge in [0.15, 0.2) is 0 Å². The zero-order valence-corrected chi connectivity index (χ0v) is 12.4. The van der Waals surface area contributed by atoms with Gasteiger partial charge in [-0.05, 0) is 50.4 Å². The molecule has 1 aliphatic heterocycles. The summed E-state index contributed by atoms with van der Waals surface area (Å²) in [6.07, 6.45) is 6.04. The van der Waals surface area contributed by atoms with Gasteiger partial charge in [-0.3, -0.25) is 0 Å². The number of nitrogens with one attached hydrogen (secondary N) is 1. The van der Waals surface area contributed by atoms with Crippen molar-refractivity contribution in [3.63, 3.8) is 0 Å². The van der Waals surface area contributed by atoms with Crippen LogP contribution in [-0.2, 0) is 0 Å². The van der Waals surface area contributed by atoms with Gasteiger partial charge in [-0.25, -0.2) is 0 Å². The molecule has 2 nitrogen and oxygen atoms in total. The summed E-state index contributed by atoms with van der Waals surface area (Å²) >= 11 is 3.56. The van der Waals surface area contributed by atoms with Crippen LogP contribution in [0.3, 0.4) is 0 Å². The zero-order chi connectivity index (χ0) is 12.6. The molecule has 18 heavy (non-hydrogen) atoms. The van der Waals surface area contributed by atoms with E-state index in [0.717, 1.165) is 23.2 Å². The lowest BCUT2D eigenvalue weighted by Crippen LogP contribution is -2.49. The number of ether oxygens (including phenoxy) is 1. The van der Waals surface area contributed by atoms with Crippen LogP contribution in [0.15, 0.2) is 22.7 Å². The second-order valence-corrected chi connectivity index (χ2v) is 6.45. The Kier molecular flexibility index (Phi) is 3.37. The van der Waals surface area contributed by atoms with Gasteiger partial charge in [0.05, 0.1) is 0 Å². The number of benzene rings is 1. The third-order valence-corrected chi connectivity index (χ3v) is 4.65. The van der Waals surface area contributed by atoms with Crippen molar-refractivity contribution in [1.29, 1.82) is 0 Å². The van der Waals surface area contributed by atoms with Crippen LogP contribution < -0.4 is 10.1 Å². The minimum absolute atomic E-state index is 0.131. The summed E-state index contributed by atoms with van der Waals surface area (Å²) in [5.41, 5.74) is 1.45. The SMILES string of the molecule is CCCNC1CC2(CCC2)Oc2ccc(Br)cc21. The maximum absolute atomic E-state index is 6.26. The van der Waals surface area contributed by atoms with Crippen LogP contribution in [0.4, 0.5) is 0 Å². The van der Waals surface area contributed by atoms with Gasteiger partial charge in [-0.2, -0.15) is 0 Å². The Labute approximate surface area is 117 Å². The van der Waals surface area contributed by atoms with Crippen LogP contribution >= 0.6 is 15.9 Å². The first kappa shape index (κ1) is 12.5. The van der Waals surface area contributed by atoms with Gasteiger partial charge in [-0.15, -0.1) is 0 Å². The fraction of sp³-hybridized carbons (Fsp3) is 0.600. The summed E-state index contributed by atoms with van der Waals surface area (Å²) in [5.74, 6) is 1.08. The highest BCUT2D eigenvalue weighted by atomic mass is 79.9. The van der Waals surface area contributed by atoms with Crippen LogP contribution in [0.5, 0.6) is 5.75 Å². The van der Waals surface area contributed by atoms with Crippen molar-refractivity contribution in [2.75, 3.05) is 6.54 Å². The van der Waals surface area contributed by atoms with Crippen LogP contribution in [0.25, 0.3) is 0 Å². The summed E-state index contributed by atoms with van der Waals surface area (Å²) in [5, 5.41) is 3.68. The van der Waals surface area contributed by atoms with E-state index in [4.69, 9.17) is 4.74 Å². The molecule has 1 spiro atoms. The van der Waals surface area contributed by atoms with Crippen molar-refractivity contribution in [2.24, 2.45) is 0 Å². The maximum atomic E-state index is 6.26. The van der Waals surface area contributed by atoms with Crippen LogP contribution in [0.2, 0.25) is 0 Å². The minimum Gasteiger partial charge on any atom is -0.487 e. The Hall–Kier alpha value is -0.540. The van der Waals surface area contributed by atoms with Crippen LogP contribution in [0, 0.1) is 0 Å². The van der Waals surface area contributed by atoms with Crippen LogP contribution in [0.1, 0.15) is 50.6 Å². The van der Waals surface area contributed by atoms with Gasteiger partial charge in [0.25, 0.3) is 0 Å². The lowest BCUT2D eigenvalue weighted by atomic mass is 9.73. The van der Waals surface area contributed by atoms with E-state index in [2.05, 4.69) is 46.4 Å². The molecule has 1 unspecified atom stereocenters. The maximum Gasteiger partial charge on any atom is 0.125 e. The van der Waals surface area contributed by atoms with Crippen molar-refractivity contribution in [3.8, 4) is 5.75 Å². The van der Waals surface area contributed by atoms with Gasteiger partial charge in [0, 0.05) is 22.5 Å². The third kappa shape index (κ3) is 2.19. The van der Waals surface area contributed by atoms with E-state index in [1.54, 1.807) is 0 Å². The molecule has 1 aromatic carbocycles. The molecule has 1 N–H and O–H groups in total. The van der Waals surface area contributed by atoms with E-state index in [1.807, 2.05) is 0 Å². The van der Waals surface area contributed by atoms with Crippen molar-refractivity contribution >= 4 is 15.9 Å². The molecular weight excluding hydrogens is 290 g/mol. The van der Waals surface area contributed by atoms with Crippen molar-refractivity contribution in [1.82, 2.24) is 5.32 Å². The molecule has 0 aromatic heterocycles. The smallest absolute Gasteiger partial charge is 0.125 e. The molecule has 0 amide bonds. The van der Waals surface area contributed by atoms with E-state index in [9.17, 15) is 0 Å². The molecule has 0 saturated heterocycles. The highest BCUT2D eigenvalue weighted by molar-refractivity contribution is 9.10. The van der Waals surface area contributed by atoms with Gasteiger partial charge >= 0.3 is 0 Å². The first-order valence-corrected chi connectivity index (χ1v) is 7.74. The average molecular weight is 310 g/mol. The first-order valence-electron chi connectivity index (χ1n) is 6.94. The molecule has 1 aliphatic carbocycles. The van der Waals surface area contributed by atoms with Gasteiger partial charge in [0.1, 0.15) is 11.4 Å². The molecule has 98 valence electrons. The van der Waals surface area contributed by atoms with E-state index in [1.165, 1.54) is 31.2 Å². The van der Waals surface area contributed by atoms with Crippen LogP contribution in [-0.4, -0.2) is 12.1 Å². The average Bonchev–Trinajstić information content (AvgIpc) is 2.34. The van der Waals surface area contributed by atoms with E-state index in [-0.39, 0.29) is 5.60 Å². The largest absolute Gasteiger partial charge is 0.487 e. The summed E-state index contributed by atoms with van der Waals surface area (Å²) in [6.45, 7) is 3.29. The highest BCUT2D eigenvalue weighted by Crippen LogP contribution is 2.49. The first-order chi connectivity index (χ1) is 8.72. The number of hydrogen-bond donors (Lipinski definition) is 1. The molecule has 3 rings (SSSR count). The Morgan fingerprint density at radius 3 is 2.94 bits per heavy atom. The predicted molar refractivity (Wildman–Crippen MR) is 77.0 cm³/mol. The number of rotatable bonds is 3. The molecule has 1 saturated carbocycles. The Balaban J connectivity index is 1.90. The molecule has 2 aliphatic rings. The zero-order valence-electron chi connectivity index (χ0n) is 10.8.